The fourth-order valence-corrected chi connectivity index (χ4v) is 4.70. The topological polar surface area (TPSA) is 44.8 Å². The van der Waals surface area contributed by atoms with Crippen LogP contribution in [0.25, 0.3) is 0 Å². The first-order chi connectivity index (χ1) is 14.6. The summed E-state index contributed by atoms with van der Waals surface area (Å²) in [6.07, 6.45) is 3.26. The third-order valence-corrected chi connectivity index (χ3v) is 6.56. The standard InChI is InChI=1S/C25H33N3O2/c1-27(2)16-13-26-24(29)21-8-9-23-22(18-21)25(12-17-30-23)10-14-28(15-11-25)19-20-6-4-3-5-7-20/h3-9,18H,10-17,19H2,1-2H3,(H,26,29). The van der Waals surface area contributed by atoms with Crippen molar-refractivity contribution in [3.05, 3.63) is 65.2 Å². The van der Waals surface area contributed by atoms with Crippen molar-refractivity contribution in [1.29, 1.82) is 0 Å². The van der Waals surface area contributed by atoms with Gasteiger partial charge in [0.1, 0.15) is 5.75 Å². The van der Waals surface area contributed by atoms with Gasteiger partial charge in [0.05, 0.1) is 6.61 Å². The van der Waals surface area contributed by atoms with Gasteiger partial charge in [-0.1, -0.05) is 30.3 Å². The smallest absolute Gasteiger partial charge is 0.251 e. The predicted molar refractivity (Wildman–Crippen MR) is 120 cm³/mol. The molecule has 160 valence electrons. The minimum absolute atomic E-state index is 0.00175. The highest BCUT2D eigenvalue weighted by Crippen LogP contribution is 2.46. The van der Waals surface area contributed by atoms with Crippen LogP contribution in [-0.4, -0.2) is 62.6 Å². The van der Waals surface area contributed by atoms with Crippen molar-refractivity contribution < 1.29 is 9.53 Å². The summed E-state index contributed by atoms with van der Waals surface area (Å²) in [5.41, 5.74) is 3.47. The fourth-order valence-electron chi connectivity index (χ4n) is 4.70. The van der Waals surface area contributed by atoms with Crippen molar-refractivity contribution in [2.24, 2.45) is 0 Å². The van der Waals surface area contributed by atoms with E-state index in [1.165, 1.54) is 11.1 Å². The molecule has 5 nitrogen and oxygen atoms in total. The molecule has 0 radical (unpaired) electrons. The Kier molecular flexibility index (Phi) is 6.40. The highest BCUT2D eigenvalue weighted by molar-refractivity contribution is 5.94. The lowest BCUT2D eigenvalue weighted by Crippen LogP contribution is -2.45. The van der Waals surface area contributed by atoms with E-state index >= 15 is 0 Å². The lowest BCUT2D eigenvalue weighted by molar-refractivity contribution is 0.0948. The molecule has 0 unspecified atom stereocenters. The van der Waals surface area contributed by atoms with Crippen LogP contribution in [0.3, 0.4) is 0 Å². The maximum absolute atomic E-state index is 12.7. The number of amides is 1. The summed E-state index contributed by atoms with van der Waals surface area (Å²) >= 11 is 0. The number of fused-ring (bicyclic) bond motifs is 2. The Morgan fingerprint density at radius 1 is 1.10 bits per heavy atom. The van der Waals surface area contributed by atoms with Crippen LogP contribution in [0.1, 0.15) is 40.7 Å². The van der Waals surface area contributed by atoms with Crippen molar-refractivity contribution in [1.82, 2.24) is 15.1 Å². The van der Waals surface area contributed by atoms with E-state index in [-0.39, 0.29) is 11.3 Å². The molecule has 1 fully saturated rings. The molecule has 1 N–H and O–H groups in total. The molecule has 5 heteroatoms. The fraction of sp³-hybridized carbons (Fsp3) is 0.480. The van der Waals surface area contributed by atoms with Crippen LogP contribution in [0.5, 0.6) is 5.75 Å². The van der Waals surface area contributed by atoms with Crippen LogP contribution in [0.2, 0.25) is 0 Å². The number of benzene rings is 2. The zero-order chi connectivity index (χ0) is 21.0. The minimum atomic E-state index is 0.00175. The van der Waals surface area contributed by atoms with Crippen molar-refractivity contribution in [3.8, 4) is 5.75 Å². The first-order valence-electron chi connectivity index (χ1n) is 11.0. The molecule has 2 aromatic carbocycles. The summed E-state index contributed by atoms with van der Waals surface area (Å²) in [6.45, 7) is 5.41. The Balaban J connectivity index is 1.46. The first-order valence-corrected chi connectivity index (χ1v) is 11.0. The van der Waals surface area contributed by atoms with Gasteiger partial charge in [0.15, 0.2) is 0 Å². The number of rotatable bonds is 6. The molecule has 1 spiro atoms. The van der Waals surface area contributed by atoms with Crippen molar-refractivity contribution in [3.63, 3.8) is 0 Å². The lowest BCUT2D eigenvalue weighted by Gasteiger charge is -2.45. The molecular weight excluding hydrogens is 374 g/mol. The summed E-state index contributed by atoms with van der Waals surface area (Å²) < 4.78 is 5.97. The van der Waals surface area contributed by atoms with Crippen LogP contribution in [-0.2, 0) is 12.0 Å². The first kappa shape index (κ1) is 20.9. The molecule has 4 rings (SSSR count). The van der Waals surface area contributed by atoms with Crippen LogP contribution in [0.4, 0.5) is 0 Å². The Hall–Kier alpha value is -2.37. The Bertz CT molecular complexity index is 858. The summed E-state index contributed by atoms with van der Waals surface area (Å²) in [6, 6.07) is 16.7. The predicted octanol–water partition coefficient (Wildman–Crippen LogP) is 3.29. The molecule has 30 heavy (non-hydrogen) atoms. The zero-order valence-electron chi connectivity index (χ0n) is 18.2. The molecule has 2 aliphatic heterocycles. The monoisotopic (exact) mass is 407 g/mol. The molecule has 0 atom stereocenters. The second-order valence-corrected chi connectivity index (χ2v) is 8.91. The molecule has 1 amide bonds. The van der Waals surface area contributed by atoms with Gasteiger partial charge in [-0.15, -0.1) is 0 Å². The number of hydrogen-bond donors (Lipinski definition) is 1. The van der Waals surface area contributed by atoms with Gasteiger partial charge in [-0.2, -0.15) is 0 Å². The van der Waals surface area contributed by atoms with Gasteiger partial charge >= 0.3 is 0 Å². The van der Waals surface area contributed by atoms with E-state index in [0.717, 1.165) is 63.4 Å². The summed E-state index contributed by atoms with van der Waals surface area (Å²) in [5.74, 6) is 0.962. The van der Waals surface area contributed by atoms with Gasteiger partial charge in [0.2, 0.25) is 0 Å². The number of hydrogen-bond acceptors (Lipinski definition) is 4. The lowest BCUT2D eigenvalue weighted by atomic mass is 9.69. The van der Waals surface area contributed by atoms with Crippen LogP contribution in [0.15, 0.2) is 48.5 Å². The van der Waals surface area contributed by atoms with Crippen molar-refractivity contribution in [2.45, 2.75) is 31.2 Å². The summed E-state index contributed by atoms with van der Waals surface area (Å²) in [4.78, 5) is 17.3. The van der Waals surface area contributed by atoms with E-state index in [9.17, 15) is 4.79 Å². The van der Waals surface area contributed by atoms with E-state index in [1.807, 2.05) is 26.2 Å². The Morgan fingerprint density at radius 2 is 1.87 bits per heavy atom. The zero-order valence-corrected chi connectivity index (χ0v) is 18.2. The van der Waals surface area contributed by atoms with Crippen molar-refractivity contribution >= 4 is 5.91 Å². The van der Waals surface area contributed by atoms with Gasteiger partial charge in [0.25, 0.3) is 5.91 Å². The minimum Gasteiger partial charge on any atom is -0.493 e. The third kappa shape index (κ3) is 4.68. The summed E-state index contributed by atoms with van der Waals surface area (Å²) in [5, 5.41) is 3.03. The average Bonchev–Trinajstić information content (AvgIpc) is 2.76. The Morgan fingerprint density at radius 3 is 2.60 bits per heavy atom. The SMILES string of the molecule is CN(C)CCNC(=O)c1ccc2c(c1)C1(CCO2)CCN(Cc2ccccc2)CC1. The molecule has 0 bridgehead atoms. The van der Waals surface area contributed by atoms with Gasteiger partial charge in [0, 0.05) is 36.2 Å². The van der Waals surface area contributed by atoms with Crippen LogP contribution in [0, 0.1) is 0 Å². The molecule has 2 aromatic rings. The highest BCUT2D eigenvalue weighted by atomic mass is 16.5. The number of carbonyl (C=O) groups excluding carboxylic acids is 1. The van der Waals surface area contributed by atoms with Crippen LogP contribution < -0.4 is 10.1 Å². The largest absolute Gasteiger partial charge is 0.493 e. The van der Waals surface area contributed by atoms with Gasteiger partial charge in [-0.25, -0.2) is 0 Å². The van der Waals surface area contributed by atoms with E-state index in [0.29, 0.717) is 6.54 Å². The second kappa shape index (κ2) is 9.19. The Labute approximate surface area is 180 Å². The third-order valence-electron chi connectivity index (χ3n) is 6.56. The number of nitrogens with one attached hydrogen (secondary N) is 1. The number of likely N-dealkylation sites (tertiary alicyclic amines) is 1. The molecule has 2 aliphatic rings. The molecular formula is C25H33N3O2. The second-order valence-electron chi connectivity index (χ2n) is 8.91. The molecule has 0 saturated carbocycles. The molecule has 0 aromatic heterocycles. The molecule has 2 heterocycles. The van der Waals surface area contributed by atoms with E-state index in [4.69, 9.17) is 4.74 Å². The number of piperidine rings is 1. The quantitative estimate of drug-likeness (QED) is 0.798. The maximum Gasteiger partial charge on any atom is 0.251 e. The normalized spacial score (nSPS) is 18.1. The van der Waals surface area contributed by atoms with Crippen LogP contribution >= 0.6 is 0 Å². The molecule has 0 aliphatic carbocycles. The molecule has 1 saturated heterocycles. The number of likely N-dealkylation sites (N-methyl/N-ethyl adjacent to an activating group) is 1. The van der Waals surface area contributed by atoms with E-state index in [2.05, 4.69) is 51.5 Å². The number of ether oxygens (including phenoxy) is 1. The maximum atomic E-state index is 12.7. The highest BCUT2D eigenvalue weighted by Gasteiger charge is 2.40. The average molecular weight is 408 g/mol. The van der Waals surface area contributed by atoms with Gasteiger partial charge in [-0.05, 0) is 70.2 Å². The number of nitrogens with zero attached hydrogens (tertiary/aromatic N) is 2. The number of carbonyl (C=O) groups is 1. The van der Waals surface area contributed by atoms with E-state index in [1.54, 1.807) is 0 Å². The van der Waals surface area contributed by atoms with Gasteiger partial charge in [-0.3, -0.25) is 9.69 Å². The van der Waals surface area contributed by atoms with Crippen molar-refractivity contribution in [2.75, 3.05) is 46.9 Å². The van der Waals surface area contributed by atoms with Gasteiger partial charge < -0.3 is 15.0 Å². The summed E-state index contributed by atoms with van der Waals surface area (Å²) in [7, 11) is 4.02. The van der Waals surface area contributed by atoms with E-state index < -0.39 is 0 Å².